The van der Waals surface area contributed by atoms with Gasteiger partial charge in [-0.3, -0.25) is 14.5 Å². The number of aliphatic carboxylic acids is 1. The van der Waals surface area contributed by atoms with Gasteiger partial charge in [-0.15, -0.1) is 12.4 Å². The summed E-state index contributed by atoms with van der Waals surface area (Å²) in [6.07, 6.45) is 2.41. The molecule has 6 heteroatoms. The predicted molar refractivity (Wildman–Crippen MR) is 62.8 cm³/mol. The van der Waals surface area contributed by atoms with E-state index in [1.807, 2.05) is 6.92 Å². The molecule has 2 N–H and O–H groups in total. The topological polar surface area (TPSA) is 69.6 Å². The molecule has 0 spiro atoms. The highest BCUT2D eigenvalue weighted by molar-refractivity contribution is 5.85. The van der Waals surface area contributed by atoms with Gasteiger partial charge in [0.15, 0.2) is 0 Å². The molecule has 0 aromatic carbocycles. The summed E-state index contributed by atoms with van der Waals surface area (Å²) >= 11 is 0. The first-order chi connectivity index (χ1) is 7.15. The van der Waals surface area contributed by atoms with Crippen LogP contribution in [0.25, 0.3) is 0 Å². The van der Waals surface area contributed by atoms with Crippen molar-refractivity contribution in [2.24, 2.45) is 0 Å². The zero-order valence-electron chi connectivity index (χ0n) is 9.44. The zero-order valence-corrected chi connectivity index (χ0v) is 10.3. The second kappa shape index (κ2) is 7.46. The molecule has 1 aliphatic rings. The first-order valence-electron chi connectivity index (χ1n) is 5.38. The summed E-state index contributed by atoms with van der Waals surface area (Å²) in [6, 6.07) is -0.475. The molecular weight excluding hydrogens is 232 g/mol. The Hall–Kier alpha value is -0.810. The third kappa shape index (κ3) is 4.37. The van der Waals surface area contributed by atoms with Crippen molar-refractivity contribution in [2.75, 3.05) is 19.6 Å². The minimum Gasteiger partial charge on any atom is -0.480 e. The van der Waals surface area contributed by atoms with Gasteiger partial charge in [0.2, 0.25) is 5.91 Å². The molecule has 5 nitrogen and oxygen atoms in total. The molecule has 1 atom stereocenters. The Morgan fingerprint density at radius 2 is 2.19 bits per heavy atom. The van der Waals surface area contributed by atoms with Crippen LogP contribution in [0.15, 0.2) is 0 Å². The molecule has 1 rings (SSSR count). The van der Waals surface area contributed by atoms with Crippen molar-refractivity contribution in [1.82, 2.24) is 10.2 Å². The van der Waals surface area contributed by atoms with Crippen molar-refractivity contribution >= 4 is 24.3 Å². The molecule has 16 heavy (non-hydrogen) atoms. The Bertz CT molecular complexity index is 248. The van der Waals surface area contributed by atoms with Gasteiger partial charge in [-0.2, -0.15) is 0 Å². The van der Waals surface area contributed by atoms with Crippen LogP contribution in [0.4, 0.5) is 0 Å². The molecule has 0 saturated carbocycles. The summed E-state index contributed by atoms with van der Waals surface area (Å²) in [5, 5.41) is 11.6. The monoisotopic (exact) mass is 250 g/mol. The maximum Gasteiger partial charge on any atom is 0.320 e. The van der Waals surface area contributed by atoms with E-state index in [2.05, 4.69) is 5.32 Å². The highest BCUT2D eigenvalue weighted by Gasteiger charge is 2.31. The fraction of sp³-hybridized carbons (Fsp3) is 0.800. The van der Waals surface area contributed by atoms with Gasteiger partial charge in [0.1, 0.15) is 6.04 Å². The number of nitrogens with one attached hydrogen (secondary N) is 1. The predicted octanol–water partition coefficient (Wildman–Crippen LogP) is 0.483. The molecule has 1 heterocycles. The van der Waals surface area contributed by atoms with E-state index >= 15 is 0 Å². The van der Waals surface area contributed by atoms with E-state index in [9.17, 15) is 9.59 Å². The van der Waals surface area contributed by atoms with Crippen LogP contribution in [-0.4, -0.2) is 47.6 Å². The number of nitrogens with zero attached hydrogens (tertiary/aromatic N) is 1. The normalized spacial score (nSPS) is 20.2. The summed E-state index contributed by atoms with van der Waals surface area (Å²) in [5.74, 6) is -0.902. The van der Waals surface area contributed by atoms with Gasteiger partial charge in [0.25, 0.3) is 0 Å². The Kier molecular flexibility index (Phi) is 7.08. The Labute approximate surface area is 102 Å². The van der Waals surface area contributed by atoms with Gasteiger partial charge in [-0.1, -0.05) is 6.92 Å². The number of halogens is 1. The molecule has 0 aliphatic carbocycles. The average molecular weight is 251 g/mol. The van der Waals surface area contributed by atoms with E-state index in [-0.39, 0.29) is 24.9 Å². The Morgan fingerprint density at radius 1 is 1.50 bits per heavy atom. The van der Waals surface area contributed by atoms with Gasteiger partial charge in [0, 0.05) is 6.54 Å². The maximum atomic E-state index is 11.4. The third-order valence-electron chi connectivity index (χ3n) is 2.57. The van der Waals surface area contributed by atoms with Crippen molar-refractivity contribution in [3.63, 3.8) is 0 Å². The fourth-order valence-electron chi connectivity index (χ4n) is 1.80. The van der Waals surface area contributed by atoms with Gasteiger partial charge in [-0.25, -0.2) is 0 Å². The lowest BCUT2D eigenvalue weighted by atomic mass is 10.2. The van der Waals surface area contributed by atoms with Crippen LogP contribution in [0, 0.1) is 0 Å². The van der Waals surface area contributed by atoms with Crippen LogP contribution in [0.3, 0.4) is 0 Å². The lowest BCUT2D eigenvalue weighted by molar-refractivity contribution is -0.142. The van der Waals surface area contributed by atoms with E-state index in [0.29, 0.717) is 19.5 Å². The summed E-state index contributed by atoms with van der Waals surface area (Å²) in [4.78, 5) is 23.9. The first kappa shape index (κ1) is 15.2. The average Bonchev–Trinajstić information content (AvgIpc) is 2.62. The van der Waals surface area contributed by atoms with Crippen LogP contribution in [-0.2, 0) is 9.59 Å². The van der Waals surface area contributed by atoms with Gasteiger partial charge < -0.3 is 10.4 Å². The number of rotatable bonds is 5. The number of likely N-dealkylation sites (tertiary alicyclic amines) is 1. The minimum absolute atomic E-state index is 0. The number of carboxylic acid groups (broad SMARTS) is 1. The van der Waals surface area contributed by atoms with Crippen LogP contribution in [0.5, 0.6) is 0 Å². The minimum atomic E-state index is -0.823. The summed E-state index contributed by atoms with van der Waals surface area (Å²) in [6.45, 7) is 3.55. The third-order valence-corrected chi connectivity index (χ3v) is 2.57. The van der Waals surface area contributed by atoms with E-state index in [4.69, 9.17) is 5.11 Å². The molecule has 1 fully saturated rings. The summed E-state index contributed by atoms with van der Waals surface area (Å²) in [5.41, 5.74) is 0. The smallest absolute Gasteiger partial charge is 0.320 e. The van der Waals surface area contributed by atoms with E-state index < -0.39 is 12.0 Å². The van der Waals surface area contributed by atoms with Crippen molar-refractivity contribution < 1.29 is 14.7 Å². The molecule has 0 unspecified atom stereocenters. The highest BCUT2D eigenvalue weighted by Crippen LogP contribution is 2.16. The second-order valence-corrected chi connectivity index (χ2v) is 3.82. The van der Waals surface area contributed by atoms with Crippen LogP contribution < -0.4 is 5.32 Å². The molecule has 0 aromatic rings. The number of carbonyl (C=O) groups excluding carboxylic acids is 1. The van der Waals surface area contributed by atoms with E-state index in [0.717, 1.165) is 12.8 Å². The lowest BCUT2D eigenvalue weighted by Crippen LogP contribution is -2.43. The Balaban J connectivity index is 0.00000225. The molecule has 1 saturated heterocycles. The highest BCUT2D eigenvalue weighted by atomic mass is 35.5. The van der Waals surface area contributed by atoms with Crippen molar-refractivity contribution in [2.45, 2.75) is 32.2 Å². The van der Waals surface area contributed by atoms with E-state index in [1.54, 1.807) is 4.90 Å². The largest absolute Gasteiger partial charge is 0.480 e. The second-order valence-electron chi connectivity index (χ2n) is 3.82. The number of hydrogen-bond donors (Lipinski definition) is 2. The van der Waals surface area contributed by atoms with E-state index in [1.165, 1.54) is 0 Å². The number of carbonyl (C=O) groups is 2. The van der Waals surface area contributed by atoms with Crippen molar-refractivity contribution in [3.8, 4) is 0 Å². The molecule has 1 amide bonds. The standard InChI is InChI=1S/C10H18N2O3.ClH/c1-2-5-11-9(13)7-12-6-3-4-8(12)10(14)15;/h8H,2-7H2,1H3,(H,11,13)(H,14,15);1H/t8-;/m0./s1. The molecule has 0 radical (unpaired) electrons. The van der Waals surface area contributed by atoms with Gasteiger partial charge >= 0.3 is 5.97 Å². The maximum absolute atomic E-state index is 11.4. The zero-order chi connectivity index (χ0) is 11.3. The molecular formula is C10H19ClN2O3. The number of amides is 1. The lowest BCUT2D eigenvalue weighted by Gasteiger charge is -2.20. The molecule has 1 aliphatic heterocycles. The molecule has 0 bridgehead atoms. The molecule has 94 valence electrons. The first-order valence-corrected chi connectivity index (χ1v) is 5.38. The van der Waals surface area contributed by atoms with Crippen LogP contribution >= 0.6 is 12.4 Å². The van der Waals surface area contributed by atoms with Crippen LogP contribution in [0.1, 0.15) is 26.2 Å². The van der Waals surface area contributed by atoms with Crippen molar-refractivity contribution in [1.29, 1.82) is 0 Å². The Morgan fingerprint density at radius 3 is 2.75 bits per heavy atom. The number of carboxylic acids is 1. The number of hydrogen-bond acceptors (Lipinski definition) is 3. The van der Waals surface area contributed by atoms with Gasteiger partial charge in [0.05, 0.1) is 6.54 Å². The quantitative estimate of drug-likeness (QED) is 0.745. The van der Waals surface area contributed by atoms with Crippen LogP contribution in [0.2, 0.25) is 0 Å². The summed E-state index contributed by atoms with van der Waals surface area (Å²) < 4.78 is 0. The summed E-state index contributed by atoms with van der Waals surface area (Å²) in [7, 11) is 0. The fourth-order valence-corrected chi connectivity index (χ4v) is 1.80. The SMILES string of the molecule is CCCNC(=O)CN1CCC[C@H]1C(=O)O.Cl. The van der Waals surface area contributed by atoms with Gasteiger partial charge in [-0.05, 0) is 25.8 Å². The van der Waals surface area contributed by atoms with Crippen molar-refractivity contribution in [3.05, 3.63) is 0 Å². The molecule has 0 aromatic heterocycles.